The van der Waals surface area contributed by atoms with E-state index in [1.165, 1.54) is 6.08 Å². The van der Waals surface area contributed by atoms with Crippen molar-refractivity contribution in [3.8, 4) is 16.9 Å². The second-order valence-electron chi connectivity index (χ2n) is 6.74. The topological polar surface area (TPSA) is 46.9 Å². The monoisotopic (exact) mass is 379 g/mol. The van der Waals surface area contributed by atoms with Gasteiger partial charge in [-0.25, -0.2) is 4.68 Å². The molecule has 0 radical (unpaired) electrons. The number of ketones is 1. The summed E-state index contributed by atoms with van der Waals surface area (Å²) in [5.41, 5.74) is 4.62. The van der Waals surface area contributed by atoms with Gasteiger partial charge < -0.3 is 5.32 Å². The quantitative estimate of drug-likeness (QED) is 0.347. The number of nitrogens with one attached hydrogen (secondary N) is 1. The van der Waals surface area contributed by atoms with Crippen molar-refractivity contribution in [2.45, 2.75) is 6.92 Å². The Morgan fingerprint density at radius 2 is 1.55 bits per heavy atom. The summed E-state index contributed by atoms with van der Waals surface area (Å²) in [6.45, 7) is 2.00. The molecular weight excluding hydrogens is 358 g/mol. The van der Waals surface area contributed by atoms with Crippen molar-refractivity contribution in [1.29, 1.82) is 0 Å². The molecule has 0 bridgehead atoms. The van der Waals surface area contributed by atoms with E-state index in [1.54, 1.807) is 6.20 Å². The lowest BCUT2D eigenvalue weighted by Gasteiger charge is -2.06. The Labute approximate surface area is 170 Å². The highest BCUT2D eigenvalue weighted by Gasteiger charge is 2.10. The number of aryl methyl sites for hydroxylation is 1. The van der Waals surface area contributed by atoms with Crippen LogP contribution in [0.1, 0.15) is 15.9 Å². The Kier molecular flexibility index (Phi) is 5.34. The second kappa shape index (κ2) is 8.40. The van der Waals surface area contributed by atoms with Gasteiger partial charge in [0.05, 0.1) is 11.4 Å². The molecule has 1 heterocycles. The highest BCUT2D eigenvalue weighted by molar-refractivity contribution is 6.04. The summed E-state index contributed by atoms with van der Waals surface area (Å²) < 4.78 is 1.84. The standard InChI is InChI=1S/C25H21N3O/c1-19-12-14-21(15-13-19)24(29)16-17-26-25-18-23(20-8-4-2-5-9-20)27-28(25)22-10-6-3-7-11-22/h2-18,26H,1H3. The molecule has 0 aliphatic carbocycles. The van der Waals surface area contributed by atoms with Gasteiger partial charge in [0.25, 0.3) is 0 Å². The zero-order chi connectivity index (χ0) is 20.1. The molecule has 0 unspecified atom stereocenters. The first kappa shape index (κ1) is 18.4. The number of aromatic nitrogens is 2. The van der Waals surface area contributed by atoms with Gasteiger partial charge in [-0.1, -0.05) is 78.4 Å². The second-order valence-corrected chi connectivity index (χ2v) is 6.74. The molecule has 4 heteroatoms. The molecule has 0 aliphatic heterocycles. The zero-order valence-electron chi connectivity index (χ0n) is 16.1. The number of rotatable bonds is 6. The summed E-state index contributed by atoms with van der Waals surface area (Å²) in [6, 6.07) is 29.4. The average molecular weight is 379 g/mol. The number of hydrogen-bond acceptors (Lipinski definition) is 3. The molecule has 142 valence electrons. The first-order valence-corrected chi connectivity index (χ1v) is 9.46. The zero-order valence-corrected chi connectivity index (χ0v) is 16.1. The van der Waals surface area contributed by atoms with Gasteiger partial charge in [-0.15, -0.1) is 0 Å². The molecule has 4 nitrogen and oxygen atoms in total. The van der Waals surface area contributed by atoms with Gasteiger partial charge in [0.1, 0.15) is 5.82 Å². The Bertz CT molecular complexity index is 1130. The maximum Gasteiger partial charge on any atom is 0.187 e. The molecule has 0 saturated carbocycles. The van der Waals surface area contributed by atoms with E-state index in [9.17, 15) is 4.79 Å². The number of anilines is 1. The molecule has 1 N–H and O–H groups in total. The van der Waals surface area contributed by atoms with Gasteiger partial charge in [0.2, 0.25) is 0 Å². The average Bonchev–Trinajstić information content (AvgIpc) is 3.19. The summed E-state index contributed by atoms with van der Waals surface area (Å²) in [7, 11) is 0. The molecule has 1 aromatic heterocycles. The van der Waals surface area contributed by atoms with Gasteiger partial charge >= 0.3 is 0 Å². The normalized spacial score (nSPS) is 10.9. The Morgan fingerprint density at radius 1 is 0.897 bits per heavy atom. The van der Waals surface area contributed by atoms with Crippen molar-refractivity contribution in [1.82, 2.24) is 9.78 Å². The van der Waals surface area contributed by atoms with Crippen LogP contribution in [0.3, 0.4) is 0 Å². The SMILES string of the molecule is Cc1ccc(C(=O)C=CNc2cc(-c3ccccc3)nn2-c2ccccc2)cc1. The van der Waals surface area contributed by atoms with Crippen LogP contribution in [-0.4, -0.2) is 15.6 Å². The minimum absolute atomic E-state index is 0.0495. The van der Waals surface area contributed by atoms with Crippen molar-refractivity contribution in [2.24, 2.45) is 0 Å². The summed E-state index contributed by atoms with van der Waals surface area (Å²) >= 11 is 0. The van der Waals surface area contributed by atoms with Crippen molar-refractivity contribution in [2.75, 3.05) is 5.32 Å². The third-order valence-corrected chi connectivity index (χ3v) is 4.58. The van der Waals surface area contributed by atoms with Gasteiger partial charge in [-0.2, -0.15) is 5.10 Å². The van der Waals surface area contributed by atoms with Gasteiger partial charge in [-0.3, -0.25) is 4.79 Å². The van der Waals surface area contributed by atoms with Crippen LogP contribution in [0.4, 0.5) is 5.82 Å². The van der Waals surface area contributed by atoms with E-state index in [2.05, 4.69) is 5.32 Å². The molecule has 0 fully saturated rings. The number of carbonyl (C=O) groups is 1. The molecule has 0 spiro atoms. The number of nitrogens with zero attached hydrogens (tertiary/aromatic N) is 2. The lowest BCUT2D eigenvalue weighted by atomic mass is 10.1. The van der Waals surface area contributed by atoms with Crippen LogP contribution in [0.2, 0.25) is 0 Å². The molecule has 0 amide bonds. The number of carbonyl (C=O) groups excluding carboxylic acids is 1. The molecule has 0 aliphatic rings. The minimum atomic E-state index is -0.0495. The van der Waals surface area contributed by atoms with E-state index in [4.69, 9.17) is 5.10 Å². The smallest absolute Gasteiger partial charge is 0.187 e. The van der Waals surface area contributed by atoms with Crippen molar-refractivity contribution in [3.05, 3.63) is 114 Å². The van der Waals surface area contributed by atoms with Crippen LogP contribution >= 0.6 is 0 Å². The first-order chi connectivity index (χ1) is 14.2. The fourth-order valence-corrected chi connectivity index (χ4v) is 3.02. The summed E-state index contributed by atoms with van der Waals surface area (Å²) in [5.74, 6) is 0.731. The van der Waals surface area contributed by atoms with Crippen LogP contribution in [0, 0.1) is 6.92 Å². The van der Waals surface area contributed by atoms with Gasteiger partial charge in [0.15, 0.2) is 5.78 Å². The molecule has 4 rings (SSSR count). The predicted molar refractivity (Wildman–Crippen MR) is 117 cm³/mol. The molecule has 0 saturated heterocycles. The summed E-state index contributed by atoms with van der Waals surface area (Å²) in [5, 5.41) is 7.96. The number of para-hydroxylation sites is 1. The van der Waals surface area contributed by atoms with Crippen LogP contribution in [0.15, 0.2) is 103 Å². The van der Waals surface area contributed by atoms with Gasteiger partial charge in [0, 0.05) is 29.5 Å². The fraction of sp³-hybridized carbons (Fsp3) is 0.0400. The van der Waals surface area contributed by atoms with Crippen molar-refractivity contribution < 1.29 is 4.79 Å². The van der Waals surface area contributed by atoms with Crippen molar-refractivity contribution >= 4 is 11.6 Å². The van der Waals surface area contributed by atoms with Crippen LogP contribution < -0.4 is 5.32 Å². The summed E-state index contributed by atoms with van der Waals surface area (Å²) in [6.07, 6.45) is 3.20. The van der Waals surface area contributed by atoms with Gasteiger partial charge in [-0.05, 0) is 19.1 Å². The van der Waals surface area contributed by atoms with E-state index >= 15 is 0 Å². The third-order valence-electron chi connectivity index (χ3n) is 4.58. The Balaban J connectivity index is 1.61. The van der Waals surface area contributed by atoms with E-state index in [1.807, 2.05) is 103 Å². The molecule has 4 aromatic rings. The predicted octanol–water partition coefficient (Wildman–Crippen LogP) is 5.66. The van der Waals surface area contributed by atoms with Crippen LogP contribution in [0.25, 0.3) is 16.9 Å². The molecule has 3 aromatic carbocycles. The Morgan fingerprint density at radius 3 is 2.24 bits per heavy atom. The van der Waals surface area contributed by atoms with E-state index in [-0.39, 0.29) is 5.78 Å². The molecule has 0 atom stereocenters. The Hall–Kier alpha value is -3.92. The lowest BCUT2D eigenvalue weighted by molar-refractivity contribution is 0.104. The fourth-order valence-electron chi connectivity index (χ4n) is 3.02. The van der Waals surface area contributed by atoms with Crippen molar-refractivity contribution in [3.63, 3.8) is 0 Å². The van der Waals surface area contributed by atoms with Crippen LogP contribution in [0.5, 0.6) is 0 Å². The maximum atomic E-state index is 12.4. The minimum Gasteiger partial charge on any atom is -0.346 e. The number of hydrogen-bond donors (Lipinski definition) is 1. The first-order valence-electron chi connectivity index (χ1n) is 9.46. The largest absolute Gasteiger partial charge is 0.346 e. The number of allylic oxidation sites excluding steroid dienone is 1. The highest BCUT2D eigenvalue weighted by atomic mass is 16.1. The van der Waals surface area contributed by atoms with E-state index in [0.717, 1.165) is 28.3 Å². The van der Waals surface area contributed by atoms with Crippen LogP contribution in [-0.2, 0) is 0 Å². The summed E-state index contributed by atoms with van der Waals surface area (Å²) in [4.78, 5) is 12.4. The number of benzene rings is 3. The third kappa shape index (κ3) is 4.33. The molecule has 29 heavy (non-hydrogen) atoms. The van der Waals surface area contributed by atoms with E-state index in [0.29, 0.717) is 5.56 Å². The highest BCUT2D eigenvalue weighted by Crippen LogP contribution is 2.24. The molecular formula is C25H21N3O. The lowest BCUT2D eigenvalue weighted by Crippen LogP contribution is -2.02. The van der Waals surface area contributed by atoms with E-state index < -0.39 is 0 Å². The maximum absolute atomic E-state index is 12.4.